The van der Waals surface area contributed by atoms with Gasteiger partial charge in [0.2, 0.25) is 0 Å². The highest BCUT2D eigenvalue weighted by atomic mass is 16.5. The summed E-state index contributed by atoms with van der Waals surface area (Å²) in [6.45, 7) is 2.09. The second kappa shape index (κ2) is 5.44. The van der Waals surface area contributed by atoms with Gasteiger partial charge in [0.05, 0.1) is 17.8 Å². The molecule has 1 fully saturated rings. The van der Waals surface area contributed by atoms with Crippen LogP contribution in [0.3, 0.4) is 0 Å². The van der Waals surface area contributed by atoms with Crippen molar-refractivity contribution in [1.82, 2.24) is 0 Å². The van der Waals surface area contributed by atoms with Crippen LogP contribution in [-0.2, 0) is 15.9 Å². The molecule has 1 aromatic rings. The number of ether oxygens (including phenoxy) is 2. The molecule has 0 bridgehead atoms. The van der Waals surface area contributed by atoms with Gasteiger partial charge in [-0.3, -0.25) is 0 Å². The van der Waals surface area contributed by atoms with E-state index in [-0.39, 0.29) is 23.9 Å². The van der Waals surface area contributed by atoms with E-state index in [1.54, 1.807) is 12.1 Å². The fraction of sp³-hybridized carbons (Fsp3) is 0.562. The third kappa shape index (κ3) is 2.80. The number of phenolic OH excluding ortho intramolecular Hbond substituents is 1. The highest BCUT2D eigenvalue weighted by Gasteiger charge is 2.30. The summed E-state index contributed by atoms with van der Waals surface area (Å²) in [6.07, 6.45) is 5.04. The average molecular weight is 276 g/mol. The summed E-state index contributed by atoms with van der Waals surface area (Å²) in [6, 6.07) is 4.81. The van der Waals surface area contributed by atoms with Crippen LogP contribution >= 0.6 is 0 Å². The predicted octanol–water partition coefficient (Wildman–Crippen LogP) is 2.82. The molecule has 0 aliphatic carbocycles. The molecule has 4 heteroatoms. The van der Waals surface area contributed by atoms with Crippen LogP contribution in [0.5, 0.6) is 5.75 Å². The zero-order chi connectivity index (χ0) is 14.1. The highest BCUT2D eigenvalue weighted by Crippen LogP contribution is 2.29. The van der Waals surface area contributed by atoms with Crippen molar-refractivity contribution >= 4 is 5.97 Å². The molecule has 2 aliphatic heterocycles. The minimum absolute atomic E-state index is 0.146. The lowest BCUT2D eigenvalue weighted by molar-refractivity contribution is -0.0646. The molecule has 0 amide bonds. The van der Waals surface area contributed by atoms with Crippen LogP contribution in [0.1, 0.15) is 48.5 Å². The molecule has 1 saturated heterocycles. The van der Waals surface area contributed by atoms with Crippen molar-refractivity contribution in [2.45, 2.75) is 57.3 Å². The Kier molecular flexibility index (Phi) is 3.66. The van der Waals surface area contributed by atoms with Gasteiger partial charge in [0, 0.05) is 12.8 Å². The van der Waals surface area contributed by atoms with E-state index in [4.69, 9.17) is 9.47 Å². The van der Waals surface area contributed by atoms with Gasteiger partial charge in [0.25, 0.3) is 0 Å². The molecule has 2 heterocycles. The largest absolute Gasteiger partial charge is 0.508 e. The summed E-state index contributed by atoms with van der Waals surface area (Å²) in [5, 5.41) is 9.54. The smallest absolute Gasteiger partial charge is 0.338 e. The van der Waals surface area contributed by atoms with Crippen LogP contribution in [-0.4, -0.2) is 29.4 Å². The third-order valence-electron chi connectivity index (χ3n) is 4.12. The number of fused-ring (bicyclic) bond motifs is 1. The van der Waals surface area contributed by atoms with E-state index in [9.17, 15) is 9.90 Å². The molecule has 1 N–H and O–H groups in total. The van der Waals surface area contributed by atoms with Crippen LogP contribution < -0.4 is 0 Å². The van der Waals surface area contributed by atoms with Crippen molar-refractivity contribution in [2.24, 2.45) is 0 Å². The van der Waals surface area contributed by atoms with Crippen molar-refractivity contribution < 1.29 is 19.4 Å². The summed E-state index contributed by atoms with van der Waals surface area (Å²) in [5.41, 5.74) is 1.44. The fourth-order valence-electron chi connectivity index (χ4n) is 3.15. The van der Waals surface area contributed by atoms with Crippen molar-refractivity contribution in [2.75, 3.05) is 0 Å². The van der Waals surface area contributed by atoms with Gasteiger partial charge in [0.15, 0.2) is 0 Å². The molecule has 0 saturated carbocycles. The van der Waals surface area contributed by atoms with Crippen molar-refractivity contribution in [3.63, 3.8) is 0 Å². The lowest BCUT2D eigenvalue weighted by atomic mass is 9.93. The van der Waals surface area contributed by atoms with Crippen LogP contribution in [0.15, 0.2) is 18.2 Å². The van der Waals surface area contributed by atoms with Crippen molar-refractivity contribution in [3.05, 3.63) is 29.3 Å². The fourth-order valence-corrected chi connectivity index (χ4v) is 3.15. The zero-order valence-electron chi connectivity index (χ0n) is 11.7. The first kappa shape index (κ1) is 13.4. The maximum atomic E-state index is 12.0. The first-order valence-electron chi connectivity index (χ1n) is 7.30. The highest BCUT2D eigenvalue weighted by molar-refractivity contribution is 5.92. The van der Waals surface area contributed by atoms with Crippen LogP contribution in [0.4, 0.5) is 0 Å². The van der Waals surface area contributed by atoms with Crippen molar-refractivity contribution in [3.8, 4) is 5.75 Å². The Morgan fingerprint density at radius 2 is 2.15 bits per heavy atom. The Labute approximate surface area is 118 Å². The maximum Gasteiger partial charge on any atom is 0.338 e. The number of aromatic hydroxyl groups is 1. The summed E-state index contributed by atoms with van der Waals surface area (Å²) < 4.78 is 11.4. The van der Waals surface area contributed by atoms with Gasteiger partial charge in [-0.15, -0.1) is 0 Å². The second-order valence-corrected chi connectivity index (χ2v) is 5.81. The molecule has 20 heavy (non-hydrogen) atoms. The van der Waals surface area contributed by atoms with Crippen LogP contribution in [0.25, 0.3) is 0 Å². The Balaban J connectivity index is 1.69. The molecule has 0 aromatic heterocycles. The molecular formula is C16H20O4. The summed E-state index contributed by atoms with van der Waals surface area (Å²) in [4.78, 5) is 12.0. The average Bonchev–Trinajstić information content (AvgIpc) is 2.38. The molecule has 3 atom stereocenters. The normalized spacial score (nSPS) is 29.6. The molecule has 0 spiro atoms. The maximum absolute atomic E-state index is 12.0. The van der Waals surface area contributed by atoms with Gasteiger partial charge in [-0.1, -0.05) is 0 Å². The first-order valence-corrected chi connectivity index (χ1v) is 7.30. The second-order valence-electron chi connectivity index (χ2n) is 5.81. The van der Waals surface area contributed by atoms with E-state index in [2.05, 4.69) is 6.92 Å². The number of phenols is 1. The molecule has 3 rings (SSSR count). The standard InChI is InChI=1S/C16H20O4/c1-10-3-2-4-13(19-10)9-14-8-11-7-12(17)5-6-15(11)16(18)20-14/h5-7,10,13-14,17H,2-4,8-9H2,1H3/t10-,13+,14+/m0/s1. The number of esters is 1. The lowest BCUT2D eigenvalue weighted by Crippen LogP contribution is -2.34. The van der Waals surface area contributed by atoms with Crippen LogP contribution in [0.2, 0.25) is 0 Å². The van der Waals surface area contributed by atoms with Gasteiger partial charge < -0.3 is 14.6 Å². The Hall–Kier alpha value is -1.55. The lowest BCUT2D eigenvalue weighted by Gasteiger charge is -2.32. The molecule has 108 valence electrons. The number of hydrogen-bond acceptors (Lipinski definition) is 4. The number of carbonyl (C=O) groups excluding carboxylic acids is 1. The molecule has 1 aromatic carbocycles. The van der Waals surface area contributed by atoms with E-state index >= 15 is 0 Å². The monoisotopic (exact) mass is 276 g/mol. The topological polar surface area (TPSA) is 55.8 Å². The molecule has 0 unspecified atom stereocenters. The number of benzene rings is 1. The number of carbonyl (C=O) groups is 1. The molecule has 0 radical (unpaired) electrons. The number of rotatable bonds is 2. The Morgan fingerprint density at radius 1 is 1.30 bits per heavy atom. The van der Waals surface area contributed by atoms with E-state index < -0.39 is 0 Å². The van der Waals surface area contributed by atoms with E-state index in [0.717, 1.165) is 24.8 Å². The van der Waals surface area contributed by atoms with Gasteiger partial charge in [0.1, 0.15) is 11.9 Å². The minimum atomic E-state index is -0.292. The zero-order valence-corrected chi connectivity index (χ0v) is 11.7. The molecular weight excluding hydrogens is 256 g/mol. The predicted molar refractivity (Wildman–Crippen MR) is 73.8 cm³/mol. The van der Waals surface area contributed by atoms with Gasteiger partial charge in [-0.2, -0.15) is 0 Å². The van der Waals surface area contributed by atoms with E-state index in [1.807, 2.05) is 0 Å². The van der Waals surface area contributed by atoms with Crippen molar-refractivity contribution in [1.29, 1.82) is 0 Å². The summed E-state index contributed by atoms with van der Waals surface area (Å²) in [5.74, 6) is -0.0974. The molecule has 2 aliphatic rings. The van der Waals surface area contributed by atoms with Crippen LogP contribution in [0, 0.1) is 0 Å². The SMILES string of the molecule is C[C@H]1CCC[C@H](C[C@H]2Cc3cc(O)ccc3C(=O)O2)O1. The van der Waals surface area contributed by atoms with Gasteiger partial charge in [-0.25, -0.2) is 4.79 Å². The quantitative estimate of drug-likeness (QED) is 0.844. The van der Waals surface area contributed by atoms with E-state index in [0.29, 0.717) is 18.1 Å². The summed E-state index contributed by atoms with van der Waals surface area (Å²) >= 11 is 0. The number of hydrogen-bond donors (Lipinski definition) is 1. The third-order valence-corrected chi connectivity index (χ3v) is 4.12. The Morgan fingerprint density at radius 3 is 2.95 bits per heavy atom. The van der Waals surface area contributed by atoms with E-state index in [1.165, 1.54) is 12.5 Å². The molecule has 4 nitrogen and oxygen atoms in total. The Bertz CT molecular complexity index is 511. The number of cyclic esters (lactones) is 1. The van der Waals surface area contributed by atoms with Gasteiger partial charge in [-0.05, 0) is 49.9 Å². The first-order chi connectivity index (χ1) is 9.61. The summed E-state index contributed by atoms with van der Waals surface area (Å²) in [7, 11) is 0. The van der Waals surface area contributed by atoms with Gasteiger partial charge >= 0.3 is 5.97 Å². The minimum Gasteiger partial charge on any atom is -0.508 e.